The molecule has 6 rings (SSSR count). The highest BCUT2D eigenvalue weighted by Crippen LogP contribution is 2.32. The number of ether oxygens (including phenoxy) is 1. The third-order valence-corrected chi connectivity index (χ3v) is 7.77. The van der Waals surface area contributed by atoms with E-state index in [9.17, 15) is 24.3 Å². The molecule has 42 heavy (non-hydrogen) atoms. The van der Waals surface area contributed by atoms with Gasteiger partial charge in [-0.15, -0.1) is 0 Å². The monoisotopic (exact) mass is 564 g/mol. The normalized spacial score (nSPS) is 18.5. The molecule has 10 nitrogen and oxygen atoms in total. The predicted octanol–water partition coefficient (Wildman–Crippen LogP) is 3.33. The second-order valence-corrected chi connectivity index (χ2v) is 10.4. The number of aromatic hydroxyl groups is 1. The Morgan fingerprint density at radius 2 is 1.71 bits per heavy atom. The Labute approximate surface area is 241 Å². The van der Waals surface area contributed by atoms with Gasteiger partial charge in [0.15, 0.2) is 5.78 Å². The van der Waals surface area contributed by atoms with Crippen LogP contribution in [-0.4, -0.2) is 74.8 Å². The number of phenolic OH excluding ortho intramolecular Hbond substituents is 1. The molecule has 0 radical (unpaired) electrons. The Morgan fingerprint density at radius 1 is 0.952 bits per heavy atom. The Kier molecular flexibility index (Phi) is 7.26. The van der Waals surface area contributed by atoms with Gasteiger partial charge in [-0.25, -0.2) is 4.79 Å². The lowest BCUT2D eigenvalue weighted by Gasteiger charge is -2.28. The zero-order valence-electron chi connectivity index (χ0n) is 22.6. The molecule has 3 unspecified atom stereocenters. The van der Waals surface area contributed by atoms with E-state index in [1.807, 2.05) is 30.3 Å². The number of Topliss-reactive ketones (excluding diaryl/α,β-unsaturated/α-hetero) is 1. The highest BCUT2D eigenvalue weighted by molar-refractivity contribution is 6.02. The number of pyridine rings is 1. The maximum atomic E-state index is 14.0. The topological polar surface area (TPSA) is 129 Å². The van der Waals surface area contributed by atoms with Crippen LogP contribution in [0.5, 0.6) is 11.5 Å². The van der Waals surface area contributed by atoms with Gasteiger partial charge in [-0.1, -0.05) is 54.6 Å². The van der Waals surface area contributed by atoms with Crippen molar-refractivity contribution >= 4 is 34.5 Å². The maximum absolute atomic E-state index is 14.0. The number of ketones is 1. The minimum absolute atomic E-state index is 0.0709. The first-order chi connectivity index (χ1) is 20.4. The zero-order valence-corrected chi connectivity index (χ0v) is 22.6. The molecule has 3 atom stereocenters. The molecule has 0 saturated carbocycles. The van der Waals surface area contributed by atoms with Crippen LogP contribution in [0.1, 0.15) is 22.5 Å². The number of aromatic nitrogens is 1. The number of nitrogens with one attached hydrogen (secondary N) is 1. The molecule has 3 heterocycles. The molecule has 2 aliphatic heterocycles. The number of hydrogen-bond donors (Lipinski definition) is 2. The van der Waals surface area contributed by atoms with Gasteiger partial charge in [-0.3, -0.25) is 19.4 Å². The van der Waals surface area contributed by atoms with E-state index < -0.39 is 30.1 Å². The largest absolute Gasteiger partial charge is 0.508 e. The molecule has 2 aliphatic rings. The quantitative estimate of drug-likeness (QED) is 0.368. The van der Waals surface area contributed by atoms with E-state index >= 15 is 0 Å². The summed E-state index contributed by atoms with van der Waals surface area (Å²) in [6.45, 7) is 0.131. The first kappa shape index (κ1) is 26.9. The van der Waals surface area contributed by atoms with Crippen molar-refractivity contribution in [1.29, 1.82) is 0 Å². The van der Waals surface area contributed by atoms with Crippen LogP contribution in [0.15, 0.2) is 91.1 Å². The van der Waals surface area contributed by atoms with Gasteiger partial charge in [0.1, 0.15) is 29.3 Å². The van der Waals surface area contributed by atoms with Crippen LogP contribution in [0.4, 0.5) is 4.79 Å². The number of phenols is 1. The van der Waals surface area contributed by atoms with Gasteiger partial charge in [-0.2, -0.15) is 0 Å². The van der Waals surface area contributed by atoms with Crippen LogP contribution in [-0.2, 0) is 16.0 Å². The minimum Gasteiger partial charge on any atom is -0.508 e. The molecule has 1 aromatic heterocycles. The lowest BCUT2D eigenvalue weighted by molar-refractivity contribution is -0.138. The first-order valence-corrected chi connectivity index (χ1v) is 13.7. The molecule has 3 amide bonds. The van der Waals surface area contributed by atoms with Crippen LogP contribution in [0.3, 0.4) is 0 Å². The van der Waals surface area contributed by atoms with Gasteiger partial charge in [0.2, 0.25) is 5.91 Å². The molecule has 0 spiro atoms. The Balaban J connectivity index is 1.23. The summed E-state index contributed by atoms with van der Waals surface area (Å²) < 4.78 is 5.65. The third kappa shape index (κ3) is 5.26. The molecule has 2 fully saturated rings. The summed E-state index contributed by atoms with van der Waals surface area (Å²) in [5, 5.41) is 14.1. The second kappa shape index (κ2) is 11.3. The fourth-order valence-electron chi connectivity index (χ4n) is 5.80. The van der Waals surface area contributed by atoms with Crippen molar-refractivity contribution in [2.45, 2.75) is 31.0 Å². The summed E-state index contributed by atoms with van der Waals surface area (Å²) in [4.78, 5) is 60.5. The fourth-order valence-corrected chi connectivity index (χ4v) is 5.80. The molecule has 2 N–H and O–H groups in total. The van der Waals surface area contributed by atoms with Crippen molar-refractivity contribution in [2.24, 2.45) is 0 Å². The summed E-state index contributed by atoms with van der Waals surface area (Å²) in [6, 6.07) is 21.8. The number of benzene rings is 3. The highest BCUT2D eigenvalue weighted by Gasteiger charge is 2.52. The average molecular weight is 565 g/mol. The van der Waals surface area contributed by atoms with Gasteiger partial charge < -0.3 is 25.0 Å². The van der Waals surface area contributed by atoms with Crippen LogP contribution in [0.2, 0.25) is 0 Å². The van der Waals surface area contributed by atoms with Gasteiger partial charge in [-0.05, 0) is 47.7 Å². The van der Waals surface area contributed by atoms with Crippen molar-refractivity contribution < 1.29 is 29.0 Å². The van der Waals surface area contributed by atoms with Crippen molar-refractivity contribution in [2.75, 3.05) is 13.1 Å². The lowest BCUT2D eigenvalue weighted by Crippen LogP contribution is -2.53. The van der Waals surface area contributed by atoms with Crippen molar-refractivity contribution in [3.63, 3.8) is 0 Å². The van der Waals surface area contributed by atoms with E-state index in [2.05, 4.69) is 10.3 Å². The third-order valence-electron chi connectivity index (χ3n) is 7.77. The number of hydrogen-bond acceptors (Lipinski definition) is 7. The number of fused-ring (bicyclic) bond motifs is 2. The number of likely N-dealkylation sites (tertiary alicyclic amines) is 2. The van der Waals surface area contributed by atoms with Crippen molar-refractivity contribution in [3.8, 4) is 11.5 Å². The first-order valence-electron chi connectivity index (χ1n) is 13.7. The van der Waals surface area contributed by atoms with E-state index in [4.69, 9.17) is 4.74 Å². The number of amides is 3. The van der Waals surface area contributed by atoms with Crippen LogP contribution < -0.4 is 10.1 Å². The molecule has 212 valence electrons. The van der Waals surface area contributed by atoms with E-state index in [1.54, 1.807) is 42.5 Å². The van der Waals surface area contributed by atoms with Crippen molar-refractivity contribution in [3.05, 3.63) is 102 Å². The summed E-state index contributed by atoms with van der Waals surface area (Å²) in [5.74, 6) is -0.634. The van der Waals surface area contributed by atoms with Gasteiger partial charge >= 0.3 is 6.09 Å². The summed E-state index contributed by atoms with van der Waals surface area (Å²) >= 11 is 0. The maximum Gasteiger partial charge on any atom is 0.413 e. The smallest absolute Gasteiger partial charge is 0.413 e. The van der Waals surface area contributed by atoms with Crippen LogP contribution in [0.25, 0.3) is 10.8 Å². The van der Waals surface area contributed by atoms with E-state index in [-0.39, 0.29) is 42.6 Å². The van der Waals surface area contributed by atoms with E-state index in [0.717, 1.165) is 10.8 Å². The Bertz CT molecular complexity index is 1650. The number of nitrogens with zero attached hydrogens (tertiary/aromatic N) is 3. The van der Waals surface area contributed by atoms with Crippen LogP contribution >= 0.6 is 0 Å². The SMILES string of the molecule is O=C(NC(Cc1ccc(O)cc1)C(=O)N1CCC2C1C(=O)CN2C(=O)c1ccccn1)Oc1cccc2ccccc12. The molecule has 0 bridgehead atoms. The Morgan fingerprint density at radius 3 is 2.50 bits per heavy atom. The molecular formula is C32H28N4O6. The molecular weight excluding hydrogens is 536 g/mol. The Hall–Kier alpha value is -5.25. The number of carbonyl (C=O) groups is 4. The van der Waals surface area contributed by atoms with Crippen molar-refractivity contribution in [1.82, 2.24) is 20.1 Å². The highest BCUT2D eigenvalue weighted by atomic mass is 16.6. The van der Waals surface area contributed by atoms with Gasteiger partial charge in [0.05, 0.1) is 12.6 Å². The molecule has 2 saturated heterocycles. The zero-order chi connectivity index (χ0) is 29.2. The average Bonchev–Trinajstić information content (AvgIpc) is 3.59. The standard InChI is InChI=1S/C32H28N4O6/c37-22-13-11-20(12-14-22)18-25(34-32(41)42-28-10-5-7-21-6-1-2-8-23(21)28)31(40)35-17-15-26-29(35)27(38)19-36(26)30(39)24-9-3-4-16-33-24/h1-14,16,25-26,29,37H,15,17-19H2,(H,34,41). The molecule has 3 aromatic carbocycles. The fraction of sp³-hybridized carbons (Fsp3) is 0.219. The summed E-state index contributed by atoms with van der Waals surface area (Å²) in [7, 11) is 0. The molecule has 4 aromatic rings. The predicted molar refractivity (Wildman–Crippen MR) is 153 cm³/mol. The van der Waals surface area contributed by atoms with E-state index in [1.165, 1.54) is 28.1 Å². The van der Waals surface area contributed by atoms with Gasteiger partial charge in [0, 0.05) is 24.5 Å². The second-order valence-electron chi connectivity index (χ2n) is 10.4. The van der Waals surface area contributed by atoms with Gasteiger partial charge in [0.25, 0.3) is 5.91 Å². The molecule has 0 aliphatic carbocycles. The van der Waals surface area contributed by atoms with Crippen LogP contribution in [0, 0.1) is 0 Å². The number of rotatable bonds is 6. The lowest BCUT2D eigenvalue weighted by atomic mass is 10.0. The summed E-state index contributed by atoms with van der Waals surface area (Å²) in [6.07, 6.45) is 1.23. The summed E-state index contributed by atoms with van der Waals surface area (Å²) in [5.41, 5.74) is 0.927. The minimum atomic E-state index is -1.07. The van der Waals surface area contributed by atoms with E-state index in [0.29, 0.717) is 17.7 Å². The number of carbonyl (C=O) groups excluding carboxylic acids is 4. The molecule has 10 heteroatoms.